The molecule has 0 bridgehead atoms. The molecule has 4 heteroatoms. The van der Waals surface area contributed by atoms with Crippen LogP contribution in [-0.2, 0) is 0 Å². The molecule has 0 saturated heterocycles. The third kappa shape index (κ3) is 3.45. The first-order valence-corrected chi connectivity index (χ1v) is 6.88. The Balaban J connectivity index is 2.58. The topological polar surface area (TPSA) is 12.0 Å². The smallest absolute Gasteiger partial charge is 0.134 e. The van der Waals surface area contributed by atoms with E-state index in [1.165, 1.54) is 0 Å². The van der Waals surface area contributed by atoms with Crippen LogP contribution >= 0.6 is 0 Å². The van der Waals surface area contributed by atoms with Gasteiger partial charge in [0.2, 0.25) is 0 Å². The summed E-state index contributed by atoms with van der Waals surface area (Å²) in [6.45, 7) is 6.25. The van der Waals surface area contributed by atoms with Crippen molar-refractivity contribution < 1.29 is 13.2 Å². The molecule has 1 N–H and O–H groups in total. The molecule has 0 radical (unpaired) electrons. The highest BCUT2D eigenvalue weighted by Gasteiger charge is 2.22. The van der Waals surface area contributed by atoms with Crippen molar-refractivity contribution in [1.82, 2.24) is 5.32 Å². The fourth-order valence-electron chi connectivity index (χ4n) is 2.60. The summed E-state index contributed by atoms with van der Waals surface area (Å²) < 4.78 is 41.2. The Labute approximate surface area is 122 Å². The molecule has 1 nitrogen and oxygen atoms in total. The molecule has 2 aromatic carbocycles. The maximum atomic E-state index is 14.1. The molecule has 1 unspecified atom stereocenters. The lowest BCUT2D eigenvalue weighted by atomic mass is 9.94. The Hall–Kier alpha value is -1.81. The first kappa shape index (κ1) is 15.6. The predicted octanol–water partition coefficient (Wildman–Crippen LogP) is 4.42. The molecule has 0 amide bonds. The molecule has 0 aliphatic heterocycles. The van der Waals surface area contributed by atoms with Gasteiger partial charge in [-0.3, -0.25) is 0 Å². The van der Waals surface area contributed by atoms with Gasteiger partial charge in [-0.15, -0.1) is 0 Å². The lowest BCUT2D eigenvalue weighted by Gasteiger charge is -2.21. The highest BCUT2D eigenvalue weighted by Crippen LogP contribution is 2.29. The van der Waals surface area contributed by atoms with Crippen molar-refractivity contribution in [2.75, 3.05) is 6.54 Å². The van der Waals surface area contributed by atoms with E-state index in [-0.39, 0.29) is 5.56 Å². The van der Waals surface area contributed by atoms with Crippen LogP contribution in [-0.4, -0.2) is 6.54 Å². The van der Waals surface area contributed by atoms with Crippen molar-refractivity contribution in [2.45, 2.75) is 26.8 Å². The van der Waals surface area contributed by atoms with Gasteiger partial charge in [-0.2, -0.15) is 0 Å². The van der Waals surface area contributed by atoms with Gasteiger partial charge in [-0.1, -0.05) is 36.2 Å². The van der Waals surface area contributed by atoms with Crippen molar-refractivity contribution in [3.63, 3.8) is 0 Å². The summed E-state index contributed by atoms with van der Waals surface area (Å²) in [5.74, 6) is -2.67. The standard InChI is InChI=1S/C17H18F3N/c1-4-21-17(12-6-10(2)5-11(3)7-12)16-14(19)8-13(18)9-15(16)20/h5-9,17,21H,4H2,1-3H3. The Kier molecular flexibility index (Phi) is 4.68. The van der Waals surface area contributed by atoms with Crippen molar-refractivity contribution in [1.29, 1.82) is 0 Å². The molecule has 21 heavy (non-hydrogen) atoms. The van der Waals surface area contributed by atoms with Gasteiger partial charge in [0.15, 0.2) is 0 Å². The van der Waals surface area contributed by atoms with E-state index in [9.17, 15) is 13.2 Å². The maximum Gasteiger partial charge on any atom is 0.134 e. The number of nitrogens with one attached hydrogen (secondary N) is 1. The second-order valence-electron chi connectivity index (χ2n) is 5.19. The van der Waals surface area contributed by atoms with Gasteiger partial charge >= 0.3 is 0 Å². The van der Waals surface area contributed by atoms with Gasteiger partial charge in [0.05, 0.1) is 6.04 Å². The highest BCUT2D eigenvalue weighted by atomic mass is 19.1. The number of rotatable bonds is 4. The van der Waals surface area contributed by atoms with E-state index in [0.717, 1.165) is 16.7 Å². The zero-order chi connectivity index (χ0) is 15.6. The van der Waals surface area contributed by atoms with Crippen molar-refractivity contribution in [3.8, 4) is 0 Å². The number of hydrogen-bond acceptors (Lipinski definition) is 1. The van der Waals surface area contributed by atoms with E-state index in [1.807, 2.05) is 39.0 Å². The Morgan fingerprint density at radius 1 is 0.905 bits per heavy atom. The third-order valence-electron chi connectivity index (χ3n) is 3.32. The SMILES string of the molecule is CCNC(c1cc(C)cc(C)c1)c1c(F)cc(F)cc1F. The van der Waals surface area contributed by atoms with Gasteiger partial charge in [-0.25, -0.2) is 13.2 Å². The zero-order valence-electron chi connectivity index (χ0n) is 12.3. The summed E-state index contributed by atoms with van der Waals surface area (Å²) in [7, 11) is 0. The minimum Gasteiger partial charge on any atom is -0.306 e. The van der Waals surface area contributed by atoms with Crippen molar-refractivity contribution in [2.24, 2.45) is 0 Å². The van der Waals surface area contributed by atoms with Gasteiger partial charge in [-0.05, 0) is 26.0 Å². The van der Waals surface area contributed by atoms with E-state index in [2.05, 4.69) is 5.32 Å². The molecule has 0 aromatic heterocycles. The second kappa shape index (κ2) is 6.31. The molecular formula is C17H18F3N. The van der Waals surface area contributed by atoms with Crippen LogP contribution in [0.3, 0.4) is 0 Å². The van der Waals surface area contributed by atoms with Gasteiger partial charge in [0, 0.05) is 17.7 Å². The molecule has 0 fully saturated rings. The first-order chi connectivity index (χ1) is 9.92. The summed E-state index contributed by atoms with van der Waals surface area (Å²) in [4.78, 5) is 0. The average molecular weight is 293 g/mol. The number of halogens is 3. The molecule has 0 aliphatic carbocycles. The molecule has 0 aliphatic rings. The van der Waals surface area contributed by atoms with E-state index >= 15 is 0 Å². The summed E-state index contributed by atoms with van der Waals surface area (Å²) in [5.41, 5.74) is 2.63. The van der Waals surface area contributed by atoms with Crippen LogP contribution < -0.4 is 5.32 Å². The monoisotopic (exact) mass is 293 g/mol. The predicted molar refractivity (Wildman–Crippen MR) is 77.8 cm³/mol. The van der Waals surface area contributed by atoms with Gasteiger partial charge in [0.25, 0.3) is 0 Å². The third-order valence-corrected chi connectivity index (χ3v) is 3.32. The quantitative estimate of drug-likeness (QED) is 0.880. The molecule has 2 aromatic rings. The molecule has 0 saturated carbocycles. The van der Waals surface area contributed by atoms with Crippen LogP contribution in [0.2, 0.25) is 0 Å². The van der Waals surface area contributed by atoms with Crippen LogP contribution in [0.5, 0.6) is 0 Å². The second-order valence-corrected chi connectivity index (χ2v) is 5.19. The summed E-state index contributed by atoms with van der Waals surface area (Å²) in [5, 5.41) is 3.07. The fraction of sp³-hybridized carbons (Fsp3) is 0.294. The van der Waals surface area contributed by atoms with Crippen LogP contribution in [0.4, 0.5) is 13.2 Å². The Morgan fingerprint density at radius 2 is 1.43 bits per heavy atom. The number of benzene rings is 2. The van der Waals surface area contributed by atoms with E-state index < -0.39 is 23.5 Å². The lowest BCUT2D eigenvalue weighted by molar-refractivity contribution is 0.491. The molecular weight excluding hydrogens is 275 g/mol. The minimum absolute atomic E-state index is 0.150. The van der Waals surface area contributed by atoms with E-state index in [4.69, 9.17) is 0 Å². The minimum atomic E-state index is -0.913. The first-order valence-electron chi connectivity index (χ1n) is 6.88. The average Bonchev–Trinajstić information content (AvgIpc) is 2.35. The lowest BCUT2D eigenvalue weighted by Crippen LogP contribution is -2.24. The van der Waals surface area contributed by atoms with Crippen molar-refractivity contribution in [3.05, 3.63) is 70.0 Å². The maximum absolute atomic E-state index is 14.1. The molecule has 112 valence electrons. The summed E-state index contributed by atoms with van der Waals surface area (Å²) in [6, 6.07) is 6.53. The van der Waals surface area contributed by atoms with Gasteiger partial charge in [0.1, 0.15) is 17.5 Å². The molecule has 0 spiro atoms. The summed E-state index contributed by atoms with van der Waals surface area (Å²) >= 11 is 0. The van der Waals surface area contributed by atoms with Gasteiger partial charge < -0.3 is 5.32 Å². The van der Waals surface area contributed by atoms with Crippen LogP contribution in [0.25, 0.3) is 0 Å². The largest absolute Gasteiger partial charge is 0.306 e. The van der Waals surface area contributed by atoms with Crippen LogP contribution in [0.1, 0.15) is 35.2 Å². The van der Waals surface area contributed by atoms with Crippen molar-refractivity contribution >= 4 is 0 Å². The number of aryl methyl sites for hydroxylation is 2. The number of hydrogen-bond donors (Lipinski definition) is 1. The Bertz CT molecular complexity index is 609. The van der Waals surface area contributed by atoms with Crippen LogP contribution in [0.15, 0.2) is 30.3 Å². The molecule has 1 atom stereocenters. The highest BCUT2D eigenvalue weighted by molar-refractivity contribution is 5.38. The summed E-state index contributed by atoms with van der Waals surface area (Å²) in [6.07, 6.45) is 0. The Morgan fingerprint density at radius 3 is 1.90 bits per heavy atom. The van der Waals surface area contributed by atoms with E-state index in [1.54, 1.807) is 0 Å². The van der Waals surface area contributed by atoms with Crippen LogP contribution in [0, 0.1) is 31.3 Å². The van der Waals surface area contributed by atoms with E-state index in [0.29, 0.717) is 18.7 Å². The normalized spacial score (nSPS) is 12.5. The zero-order valence-corrected chi connectivity index (χ0v) is 12.3. The molecule has 2 rings (SSSR count). The molecule has 0 heterocycles. The fourth-order valence-corrected chi connectivity index (χ4v) is 2.60.